The van der Waals surface area contributed by atoms with E-state index in [1.165, 1.54) is 0 Å². The summed E-state index contributed by atoms with van der Waals surface area (Å²) in [6, 6.07) is 1.86. The molecule has 0 amide bonds. The fourth-order valence-corrected chi connectivity index (χ4v) is 2.34. The van der Waals surface area contributed by atoms with Crippen LogP contribution in [0, 0.1) is 17.2 Å². The van der Waals surface area contributed by atoms with Gasteiger partial charge in [-0.3, -0.25) is 4.57 Å². The van der Waals surface area contributed by atoms with Gasteiger partial charge in [-0.2, -0.15) is 5.26 Å². The molecule has 0 saturated heterocycles. The number of nitriles is 1. The number of hydrogen-bond acceptors (Lipinski definition) is 6. The van der Waals surface area contributed by atoms with Gasteiger partial charge in [-0.15, -0.1) is 0 Å². The lowest BCUT2D eigenvalue weighted by molar-refractivity contribution is 0.0402. The quantitative estimate of drug-likeness (QED) is 0.479. The number of rotatable bonds is 9. The second-order valence-electron chi connectivity index (χ2n) is 4.39. The van der Waals surface area contributed by atoms with Gasteiger partial charge in [-0.05, 0) is 25.7 Å². The summed E-state index contributed by atoms with van der Waals surface area (Å²) in [5.74, 6) is 0.341. The topological polar surface area (TPSA) is 85.6 Å². The van der Waals surface area contributed by atoms with Crippen molar-refractivity contribution in [1.29, 1.82) is 5.26 Å². The van der Waals surface area contributed by atoms with Crippen molar-refractivity contribution in [3.05, 3.63) is 0 Å². The SMILES string of the molecule is CCOC(=O)OC(C#N)CCC[PH](=O)OCC(C)C. The summed E-state index contributed by atoms with van der Waals surface area (Å²) in [5, 5.41) is 8.80. The van der Waals surface area contributed by atoms with Crippen LogP contribution < -0.4 is 0 Å². The summed E-state index contributed by atoms with van der Waals surface area (Å²) in [5.41, 5.74) is 0. The van der Waals surface area contributed by atoms with Crippen molar-refractivity contribution in [2.24, 2.45) is 5.92 Å². The minimum atomic E-state index is -2.06. The molecule has 0 aromatic carbocycles. The molecule has 19 heavy (non-hydrogen) atoms. The second-order valence-corrected chi connectivity index (χ2v) is 5.92. The van der Waals surface area contributed by atoms with E-state index in [1.54, 1.807) is 6.92 Å². The molecule has 0 saturated carbocycles. The zero-order valence-electron chi connectivity index (χ0n) is 11.7. The van der Waals surface area contributed by atoms with Crippen LogP contribution in [0.2, 0.25) is 0 Å². The third-order valence-corrected chi connectivity index (χ3v) is 3.32. The summed E-state index contributed by atoms with van der Waals surface area (Å²) >= 11 is 0. The maximum atomic E-state index is 11.5. The van der Waals surface area contributed by atoms with Crippen LogP contribution in [-0.4, -0.2) is 31.6 Å². The first-order valence-corrected chi connectivity index (χ1v) is 7.90. The molecule has 0 spiro atoms. The Labute approximate surface area is 114 Å². The number of carbonyl (C=O) groups excluding carboxylic acids is 1. The average molecular weight is 291 g/mol. The Balaban J connectivity index is 3.81. The Bertz CT molecular complexity index is 327. The van der Waals surface area contributed by atoms with Gasteiger partial charge in [0.25, 0.3) is 0 Å². The summed E-state index contributed by atoms with van der Waals surface area (Å²) in [4.78, 5) is 11.0. The third kappa shape index (κ3) is 10.5. The molecule has 0 aliphatic carbocycles. The zero-order valence-corrected chi connectivity index (χ0v) is 12.7. The molecule has 0 aromatic rings. The van der Waals surface area contributed by atoms with Gasteiger partial charge < -0.3 is 14.0 Å². The lowest BCUT2D eigenvalue weighted by atomic mass is 10.2. The van der Waals surface area contributed by atoms with E-state index >= 15 is 0 Å². The summed E-state index contributed by atoms with van der Waals surface area (Å²) in [6.45, 7) is 6.29. The number of carbonyl (C=O) groups is 1. The van der Waals surface area contributed by atoms with E-state index in [-0.39, 0.29) is 6.61 Å². The maximum Gasteiger partial charge on any atom is 0.509 e. The molecule has 0 aromatic heterocycles. The molecule has 0 aliphatic heterocycles. The van der Waals surface area contributed by atoms with Crippen molar-refractivity contribution >= 4 is 14.2 Å². The average Bonchev–Trinajstić information content (AvgIpc) is 2.35. The smallest absolute Gasteiger partial charge is 0.435 e. The van der Waals surface area contributed by atoms with E-state index in [9.17, 15) is 9.36 Å². The summed E-state index contributed by atoms with van der Waals surface area (Å²) < 4.78 is 26.0. The van der Waals surface area contributed by atoms with Crippen molar-refractivity contribution in [1.82, 2.24) is 0 Å². The lowest BCUT2D eigenvalue weighted by Crippen LogP contribution is -2.17. The monoisotopic (exact) mass is 291 g/mol. The fourth-order valence-electron chi connectivity index (χ4n) is 1.18. The molecule has 0 N–H and O–H groups in total. The normalized spacial score (nSPS) is 13.6. The highest BCUT2D eigenvalue weighted by atomic mass is 31.1. The molecule has 0 bridgehead atoms. The van der Waals surface area contributed by atoms with E-state index < -0.39 is 20.3 Å². The van der Waals surface area contributed by atoms with Crippen LogP contribution in [0.3, 0.4) is 0 Å². The van der Waals surface area contributed by atoms with Crippen molar-refractivity contribution in [2.75, 3.05) is 19.4 Å². The maximum absolute atomic E-state index is 11.5. The largest absolute Gasteiger partial charge is 0.509 e. The third-order valence-electron chi connectivity index (χ3n) is 2.07. The molecular formula is C12H22NO5P. The summed E-state index contributed by atoms with van der Waals surface area (Å²) in [7, 11) is -2.06. The molecular weight excluding hydrogens is 269 g/mol. The molecule has 0 rings (SSSR count). The first-order valence-electron chi connectivity index (χ1n) is 6.38. The van der Waals surface area contributed by atoms with E-state index in [4.69, 9.17) is 14.5 Å². The first-order chi connectivity index (χ1) is 8.99. The Morgan fingerprint density at radius 1 is 1.42 bits per heavy atom. The van der Waals surface area contributed by atoms with Gasteiger partial charge >= 0.3 is 6.16 Å². The second kappa shape index (κ2) is 10.8. The van der Waals surface area contributed by atoms with E-state index in [0.29, 0.717) is 31.5 Å². The zero-order chi connectivity index (χ0) is 14.7. The Kier molecular flexibility index (Phi) is 10.2. The summed E-state index contributed by atoms with van der Waals surface area (Å²) in [6.07, 6.45) is -0.483. The molecule has 0 radical (unpaired) electrons. The standard InChI is InChI=1S/C12H22NO5P/c1-4-16-12(14)18-11(8-13)6-5-7-19(15)17-9-10(2)3/h10-11,19H,4-7,9H2,1-3H3. The predicted octanol–water partition coefficient (Wildman–Crippen LogP) is 2.98. The van der Waals surface area contributed by atoms with Crippen LogP contribution in [0.1, 0.15) is 33.6 Å². The fraction of sp³-hybridized carbons (Fsp3) is 0.833. The molecule has 2 unspecified atom stereocenters. The van der Waals surface area contributed by atoms with Crippen molar-refractivity contribution in [3.63, 3.8) is 0 Å². The Morgan fingerprint density at radius 2 is 2.11 bits per heavy atom. The van der Waals surface area contributed by atoms with Crippen LogP contribution in [0.15, 0.2) is 0 Å². The van der Waals surface area contributed by atoms with Gasteiger partial charge in [-0.1, -0.05) is 13.8 Å². The van der Waals surface area contributed by atoms with Crippen LogP contribution in [0.4, 0.5) is 4.79 Å². The van der Waals surface area contributed by atoms with Crippen LogP contribution in [-0.2, 0) is 18.6 Å². The Morgan fingerprint density at radius 3 is 2.63 bits per heavy atom. The molecule has 0 aliphatic rings. The highest BCUT2D eigenvalue weighted by Gasteiger charge is 2.14. The van der Waals surface area contributed by atoms with E-state index in [2.05, 4.69) is 4.74 Å². The molecule has 0 fully saturated rings. The molecule has 6 nitrogen and oxygen atoms in total. The molecule has 2 atom stereocenters. The van der Waals surface area contributed by atoms with Crippen molar-refractivity contribution < 1.29 is 23.4 Å². The van der Waals surface area contributed by atoms with Gasteiger partial charge in [0.2, 0.25) is 0 Å². The van der Waals surface area contributed by atoms with Gasteiger partial charge in [-0.25, -0.2) is 4.79 Å². The van der Waals surface area contributed by atoms with Crippen LogP contribution in [0.25, 0.3) is 0 Å². The molecule has 110 valence electrons. The molecule has 7 heteroatoms. The number of ether oxygens (including phenoxy) is 2. The van der Waals surface area contributed by atoms with Gasteiger partial charge in [0.1, 0.15) is 6.07 Å². The van der Waals surface area contributed by atoms with Gasteiger partial charge in [0, 0.05) is 6.16 Å². The van der Waals surface area contributed by atoms with Crippen molar-refractivity contribution in [3.8, 4) is 6.07 Å². The van der Waals surface area contributed by atoms with Gasteiger partial charge in [0.05, 0.1) is 13.2 Å². The minimum Gasteiger partial charge on any atom is -0.435 e. The number of hydrogen-bond donors (Lipinski definition) is 0. The number of nitrogens with zero attached hydrogens (tertiary/aromatic N) is 1. The van der Waals surface area contributed by atoms with E-state index in [1.807, 2.05) is 19.9 Å². The Hall–Kier alpha value is -1.05. The minimum absolute atomic E-state index is 0.202. The molecule has 0 heterocycles. The first kappa shape index (κ1) is 17.9. The lowest BCUT2D eigenvalue weighted by Gasteiger charge is -2.10. The predicted molar refractivity (Wildman–Crippen MR) is 71.4 cm³/mol. The van der Waals surface area contributed by atoms with Gasteiger partial charge in [0.15, 0.2) is 14.1 Å². The van der Waals surface area contributed by atoms with Crippen LogP contribution >= 0.6 is 8.03 Å². The highest BCUT2D eigenvalue weighted by molar-refractivity contribution is 7.39. The van der Waals surface area contributed by atoms with Crippen molar-refractivity contribution in [2.45, 2.75) is 39.7 Å². The highest BCUT2D eigenvalue weighted by Crippen LogP contribution is 2.25. The van der Waals surface area contributed by atoms with E-state index in [0.717, 1.165) is 0 Å². The van der Waals surface area contributed by atoms with Crippen LogP contribution in [0.5, 0.6) is 0 Å².